The molecule has 19 heavy (non-hydrogen) atoms. The number of benzene rings is 1. The van der Waals surface area contributed by atoms with Crippen molar-refractivity contribution in [2.75, 3.05) is 13.2 Å². The summed E-state index contributed by atoms with van der Waals surface area (Å²) in [5.74, 6) is 0.860. The molecule has 0 bridgehead atoms. The Balaban J connectivity index is 2.84. The molecule has 0 saturated heterocycles. The molecule has 106 valence electrons. The number of amides is 1. The Bertz CT molecular complexity index is 420. The number of rotatable bonds is 7. The zero-order valence-corrected chi connectivity index (χ0v) is 11.6. The van der Waals surface area contributed by atoms with E-state index in [4.69, 9.17) is 14.6 Å². The minimum atomic E-state index is -0.598. The Morgan fingerprint density at radius 1 is 1.37 bits per heavy atom. The van der Waals surface area contributed by atoms with Crippen LogP contribution in [0, 0.1) is 0 Å². The molecule has 0 fully saturated rings. The third-order valence-corrected chi connectivity index (χ3v) is 2.51. The number of hydrogen-bond acceptors (Lipinski definition) is 4. The van der Waals surface area contributed by atoms with Crippen LogP contribution in [0.25, 0.3) is 0 Å². The number of carbonyl (C=O) groups excluding carboxylic acids is 1. The molecule has 0 aliphatic carbocycles. The van der Waals surface area contributed by atoms with Crippen molar-refractivity contribution in [3.8, 4) is 11.5 Å². The lowest BCUT2D eigenvalue weighted by atomic mass is 10.2. The van der Waals surface area contributed by atoms with Gasteiger partial charge in [0.1, 0.15) is 0 Å². The van der Waals surface area contributed by atoms with E-state index in [1.807, 2.05) is 13.8 Å². The van der Waals surface area contributed by atoms with Crippen molar-refractivity contribution >= 4 is 5.91 Å². The Labute approximate surface area is 113 Å². The highest BCUT2D eigenvalue weighted by Crippen LogP contribution is 2.29. The fraction of sp³-hybridized carbons (Fsp3) is 0.500. The van der Waals surface area contributed by atoms with Crippen molar-refractivity contribution in [2.45, 2.75) is 33.5 Å². The van der Waals surface area contributed by atoms with Crippen molar-refractivity contribution in [1.82, 2.24) is 5.32 Å². The van der Waals surface area contributed by atoms with Crippen LogP contribution in [0.15, 0.2) is 18.2 Å². The second kappa shape index (κ2) is 7.63. The summed E-state index contributed by atoms with van der Waals surface area (Å²) in [5, 5.41) is 11.8. The van der Waals surface area contributed by atoms with Gasteiger partial charge in [-0.2, -0.15) is 0 Å². The largest absolute Gasteiger partial charge is 0.490 e. The average molecular weight is 267 g/mol. The van der Waals surface area contributed by atoms with E-state index < -0.39 is 6.10 Å². The lowest BCUT2D eigenvalue weighted by molar-refractivity contribution is -0.127. The summed E-state index contributed by atoms with van der Waals surface area (Å²) >= 11 is 0. The molecule has 5 heteroatoms. The first-order valence-corrected chi connectivity index (χ1v) is 6.43. The van der Waals surface area contributed by atoms with Crippen molar-refractivity contribution in [3.63, 3.8) is 0 Å². The normalized spacial score (nSPS) is 11.8. The molecule has 0 heterocycles. The quantitative estimate of drug-likeness (QED) is 0.785. The molecule has 1 atom stereocenters. The SMILES string of the molecule is CCNC(=O)C(C)Oc1ccc(CO)cc1OCC. The van der Waals surface area contributed by atoms with Crippen LogP contribution in [-0.2, 0) is 11.4 Å². The van der Waals surface area contributed by atoms with Crippen LogP contribution in [0.3, 0.4) is 0 Å². The molecule has 0 aliphatic heterocycles. The van der Waals surface area contributed by atoms with Gasteiger partial charge in [0.2, 0.25) is 0 Å². The molecule has 0 radical (unpaired) electrons. The van der Waals surface area contributed by atoms with Gasteiger partial charge in [0.25, 0.3) is 5.91 Å². The Morgan fingerprint density at radius 3 is 2.68 bits per heavy atom. The van der Waals surface area contributed by atoms with E-state index in [2.05, 4.69) is 5.32 Å². The first kappa shape index (κ1) is 15.3. The van der Waals surface area contributed by atoms with Gasteiger partial charge in [-0.15, -0.1) is 0 Å². The number of hydrogen-bond donors (Lipinski definition) is 2. The minimum absolute atomic E-state index is 0.0633. The van der Waals surface area contributed by atoms with E-state index in [9.17, 15) is 4.79 Å². The highest BCUT2D eigenvalue weighted by Gasteiger charge is 2.16. The lowest BCUT2D eigenvalue weighted by Crippen LogP contribution is -2.36. The molecule has 0 aromatic heterocycles. The molecule has 1 amide bonds. The predicted octanol–water partition coefficient (Wildman–Crippen LogP) is 1.48. The maximum atomic E-state index is 11.6. The number of ether oxygens (including phenoxy) is 2. The van der Waals surface area contributed by atoms with Crippen molar-refractivity contribution < 1.29 is 19.4 Å². The van der Waals surface area contributed by atoms with Crippen LogP contribution >= 0.6 is 0 Å². The van der Waals surface area contributed by atoms with Gasteiger partial charge in [0.05, 0.1) is 13.2 Å². The van der Waals surface area contributed by atoms with Gasteiger partial charge in [0, 0.05) is 6.54 Å². The minimum Gasteiger partial charge on any atom is -0.490 e. The Hall–Kier alpha value is -1.75. The standard InChI is InChI=1S/C14H21NO4/c1-4-15-14(17)10(3)19-12-7-6-11(9-16)8-13(12)18-5-2/h6-8,10,16H,4-5,9H2,1-3H3,(H,15,17). The third kappa shape index (κ3) is 4.44. The van der Waals surface area contributed by atoms with Crippen LogP contribution in [-0.4, -0.2) is 30.3 Å². The van der Waals surface area contributed by atoms with Gasteiger partial charge in [0.15, 0.2) is 17.6 Å². The molecule has 5 nitrogen and oxygen atoms in total. The number of likely N-dealkylation sites (N-methyl/N-ethyl adjacent to an activating group) is 1. The second-order valence-electron chi connectivity index (χ2n) is 4.03. The molecule has 1 rings (SSSR count). The maximum Gasteiger partial charge on any atom is 0.260 e. The van der Waals surface area contributed by atoms with Crippen LogP contribution < -0.4 is 14.8 Å². The molecule has 1 aromatic carbocycles. The van der Waals surface area contributed by atoms with E-state index in [0.717, 1.165) is 5.56 Å². The molecule has 0 saturated carbocycles. The third-order valence-electron chi connectivity index (χ3n) is 2.51. The first-order chi connectivity index (χ1) is 9.12. The van der Waals surface area contributed by atoms with Crippen LogP contribution in [0.4, 0.5) is 0 Å². The number of aliphatic hydroxyl groups is 1. The average Bonchev–Trinajstić information content (AvgIpc) is 2.41. The highest BCUT2D eigenvalue weighted by atomic mass is 16.5. The van der Waals surface area contributed by atoms with E-state index in [0.29, 0.717) is 24.7 Å². The van der Waals surface area contributed by atoms with Crippen molar-refractivity contribution in [3.05, 3.63) is 23.8 Å². The van der Waals surface area contributed by atoms with Gasteiger partial charge in [-0.1, -0.05) is 6.07 Å². The van der Waals surface area contributed by atoms with E-state index in [1.54, 1.807) is 25.1 Å². The summed E-state index contributed by atoms with van der Waals surface area (Å²) in [6, 6.07) is 5.15. The van der Waals surface area contributed by atoms with E-state index >= 15 is 0 Å². The topological polar surface area (TPSA) is 67.8 Å². The molecule has 2 N–H and O–H groups in total. The zero-order valence-electron chi connectivity index (χ0n) is 11.6. The fourth-order valence-electron chi connectivity index (χ4n) is 1.58. The van der Waals surface area contributed by atoms with E-state index in [1.165, 1.54) is 0 Å². The summed E-state index contributed by atoms with van der Waals surface area (Å²) in [5.41, 5.74) is 0.737. The predicted molar refractivity (Wildman–Crippen MR) is 72.3 cm³/mol. The van der Waals surface area contributed by atoms with Gasteiger partial charge < -0.3 is 19.9 Å². The van der Waals surface area contributed by atoms with Gasteiger partial charge in [-0.3, -0.25) is 4.79 Å². The molecular weight excluding hydrogens is 246 g/mol. The molecule has 1 unspecified atom stereocenters. The van der Waals surface area contributed by atoms with Crippen molar-refractivity contribution in [2.24, 2.45) is 0 Å². The van der Waals surface area contributed by atoms with E-state index in [-0.39, 0.29) is 12.5 Å². The summed E-state index contributed by atoms with van der Waals surface area (Å²) < 4.78 is 11.0. The summed E-state index contributed by atoms with van der Waals surface area (Å²) in [6.45, 7) is 6.39. The lowest BCUT2D eigenvalue weighted by Gasteiger charge is -2.17. The smallest absolute Gasteiger partial charge is 0.260 e. The van der Waals surface area contributed by atoms with Gasteiger partial charge in [-0.25, -0.2) is 0 Å². The summed E-state index contributed by atoms with van der Waals surface area (Å²) in [4.78, 5) is 11.6. The van der Waals surface area contributed by atoms with Gasteiger partial charge in [-0.05, 0) is 38.5 Å². The summed E-state index contributed by atoms with van der Waals surface area (Å²) in [6.07, 6.45) is -0.598. The Morgan fingerprint density at radius 2 is 2.11 bits per heavy atom. The Kier molecular flexibility index (Phi) is 6.15. The molecular formula is C14H21NO4. The van der Waals surface area contributed by atoms with Crippen LogP contribution in [0.5, 0.6) is 11.5 Å². The highest BCUT2D eigenvalue weighted by molar-refractivity contribution is 5.80. The molecule has 1 aromatic rings. The van der Waals surface area contributed by atoms with Crippen molar-refractivity contribution in [1.29, 1.82) is 0 Å². The number of aliphatic hydroxyl groups excluding tert-OH is 1. The monoisotopic (exact) mass is 267 g/mol. The molecule has 0 spiro atoms. The van der Waals surface area contributed by atoms with Gasteiger partial charge >= 0.3 is 0 Å². The molecule has 0 aliphatic rings. The zero-order chi connectivity index (χ0) is 14.3. The number of nitrogens with one attached hydrogen (secondary N) is 1. The summed E-state index contributed by atoms with van der Waals surface area (Å²) in [7, 11) is 0. The van der Waals surface area contributed by atoms with Crippen LogP contribution in [0.1, 0.15) is 26.3 Å². The maximum absolute atomic E-state index is 11.6. The van der Waals surface area contributed by atoms with Crippen LogP contribution in [0.2, 0.25) is 0 Å². The number of carbonyl (C=O) groups is 1. The first-order valence-electron chi connectivity index (χ1n) is 6.43. The second-order valence-corrected chi connectivity index (χ2v) is 4.03. The fourth-order valence-corrected chi connectivity index (χ4v) is 1.58.